The molecule has 3 nitrogen and oxygen atoms in total. The molecule has 1 heterocycles. The van der Waals surface area contributed by atoms with E-state index in [1.165, 1.54) is 23.6 Å². The Kier molecular flexibility index (Phi) is 4.43. The average molecular weight is 287 g/mol. The van der Waals surface area contributed by atoms with Crippen LogP contribution in [0.1, 0.15) is 24.7 Å². The molecule has 0 radical (unpaired) electrons. The van der Waals surface area contributed by atoms with Crippen molar-refractivity contribution in [1.29, 1.82) is 0 Å². The van der Waals surface area contributed by atoms with Gasteiger partial charge in [0.15, 0.2) is 0 Å². The second-order valence-corrected chi connectivity index (χ2v) is 6.55. The fourth-order valence-corrected chi connectivity index (χ4v) is 3.30. The van der Waals surface area contributed by atoms with E-state index in [1.54, 1.807) is 0 Å². The van der Waals surface area contributed by atoms with Crippen LogP contribution >= 0.6 is 11.8 Å². The first-order chi connectivity index (χ1) is 9.83. The van der Waals surface area contributed by atoms with Crippen molar-refractivity contribution < 1.29 is 0 Å². The fourth-order valence-electron chi connectivity index (χ4n) is 2.31. The van der Waals surface area contributed by atoms with Gasteiger partial charge < -0.3 is 4.57 Å². The molecular formula is C16H21N3S. The molecule has 1 aliphatic carbocycles. The summed E-state index contributed by atoms with van der Waals surface area (Å²) >= 11 is 1.92. The van der Waals surface area contributed by atoms with Gasteiger partial charge in [0, 0.05) is 35.6 Å². The Morgan fingerprint density at radius 3 is 2.85 bits per heavy atom. The molecule has 106 valence electrons. The van der Waals surface area contributed by atoms with E-state index in [1.807, 2.05) is 18.0 Å². The number of hydrogen-bond acceptors (Lipinski definition) is 3. The molecule has 1 fully saturated rings. The summed E-state index contributed by atoms with van der Waals surface area (Å²) in [6.07, 6.45) is 6.69. The van der Waals surface area contributed by atoms with Gasteiger partial charge in [-0.3, -0.25) is 4.90 Å². The van der Waals surface area contributed by atoms with Gasteiger partial charge in [0.25, 0.3) is 0 Å². The molecule has 1 aromatic heterocycles. The van der Waals surface area contributed by atoms with Gasteiger partial charge in [0.05, 0.1) is 6.54 Å². The molecule has 0 saturated heterocycles. The first kappa shape index (κ1) is 13.7. The van der Waals surface area contributed by atoms with Gasteiger partial charge in [-0.05, 0) is 32.0 Å². The van der Waals surface area contributed by atoms with E-state index in [0.717, 1.165) is 24.9 Å². The normalized spacial score (nSPS) is 14.9. The van der Waals surface area contributed by atoms with E-state index in [9.17, 15) is 0 Å². The lowest BCUT2D eigenvalue weighted by molar-refractivity contribution is 0.332. The minimum absolute atomic E-state index is 0.722. The maximum Gasteiger partial charge on any atom is 0.123 e. The molecule has 1 saturated carbocycles. The van der Waals surface area contributed by atoms with E-state index < -0.39 is 0 Å². The van der Waals surface area contributed by atoms with Crippen molar-refractivity contribution in [3.63, 3.8) is 0 Å². The van der Waals surface area contributed by atoms with Crippen molar-refractivity contribution in [1.82, 2.24) is 14.5 Å². The standard InChI is InChI=1S/C16H21N3S/c1-18(11-12-20-15-5-3-2-4-6-15)13-16-17-9-10-19(16)14-7-8-14/h2-6,9-10,14H,7-8,11-13H2,1H3. The largest absolute Gasteiger partial charge is 0.331 e. The number of aromatic nitrogens is 2. The number of thioether (sulfide) groups is 1. The van der Waals surface area contributed by atoms with Crippen LogP contribution in [0.25, 0.3) is 0 Å². The smallest absolute Gasteiger partial charge is 0.123 e. The first-order valence-electron chi connectivity index (χ1n) is 7.21. The van der Waals surface area contributed by atoms with Crippen LogP contribution < -0.4 is 0 Å². The lowest BCUT2D eigenvalue weighted by Gasteiger charge is -2.17. The van der Waals surface area contributed by atoms with E-state index in [4.69, 9.17) is 0 Å². The molecule has 1 aliphatic rings. The first-order valence-corrected chi connectivity index (χ1v) is 8.19. The highest BCUT2D eigenvalue weighted by molar-refractivity contribution is 7.99. The van der Waals surface area contributed by atoms with Crippen molar-refractivity contribution in [2.75, 3.05) is 19.3 Å². The van der Waals surface area contributed by atoms with Gasteiger partial charge in [-0.25, -0.2) is 4.98 Å². The summed E-state index contributed by atoms with van der Waals surface area (Å²) in [5.74, 6) is 2.32. The molecule has 2 aromatic rings. The monoisotopic (exact) mass is 287 g/mol. The van der Waals surface area contributed by atoms with Crippen LogP contribution in [-0.2, 0) is 6.54 Å². The number of rotatable bonds is 7. The van der Waals surface area contributed by atoms with Crippen LogP contribution in [0, 0.1) is 0 Å². The van der Waals surface area contributed by atoms with E-state index >= 15 is 0 Å². The summed E-state index contributed by atoms with van der Waals surface area (Å²) in [5.41, 5.74) is 0. The Hall–Kier alpha value is -1.26. The maximum atomic E-state index is 4.50. The minimum atomic E-state index is 0.722. The Bertz CT molecular complexity index is 534. The van der Waals surface area contributed by atoms with Crippen LogP contribution in [0.15, 0.2) is 47.6 Å². The van der Waals surface area contributed by atoms with Gasteiger partial charge in [0.1, 0.15) is 5.82 Å². The molecule has 1 aromatic carbocycles. The maximum absolute atomic E-state index is 4.50. The predicted octanol–water partition coefficient (Wildman–Crippen LogP) is 3.44. The van der Waals surface area contributed by atoms with Gasteiger partial charge in [0.2, 0.25) is 0 Å². The van der Waals surface area contributed by atoms with Crippen LogP contribution in [0.5, 0.6) is 0 Å². The van der Waals surface area contributed by atoms with Gasteiger partial charge in [-0.1, -0.05) is 18.2 Å². The zero-order valence-electron chi connectivity index (χ0n) is 11.9. The minimum Gasteiger partial charge on any atom is -0.331 e. The van der Waals surface area contributed by atoms with Crippen LogP contribution in [0.3, 0.4) is 0 Å². The van der Waals surface area contributed by atoms with Crippen molar-refractivity contribution >= 4 is 11.8 Å². The topological polar surface area (TPSA) is 21.1 Å². The van der Waals surface area contributed by atoms with E-state index in [0.29, 0.717) is 0 Å². The van der Waals surface area contributed by atoms with Crippen LogP contribution in [0.2, 0.25) is 0 Å². The summed E-state index contributed by atoms with van der Waals surface area (Å²) < 4.78 is 2.35. The van der Waals surface area contributed by atoms with Gasteiger partial charge in [-0.15, -0.1) is 11.8 Å². The summed E-state index contributed by atoms with van der Waals surface area (Å²) in [5, 5.41) is 0. The van der Waals surface area contributed by atoms with E-state index in [-0.39, 0.29) is 0 Å². The molecule has 0 aliphatic heterocycles. The summed E-state index contributed by atoms with van der Waals surface area (Å²) in [7, 11) is 2.18. The Labute approximate surface area is 125 Å². The number of hydrogen-bond donors (Lipinski definition) is 0. The molecule has 0 amide bonds. The lowest BCUT2D eigenvalue weighted by atomic mass is 10.4. The highest BCUT2D eigenvalue weighted by Gasteiger charge is 2.25. The van der Waals surface area contributed by atoms with E-state index in [2.05, 4.69) is 58.0 Å². The molecule has 20 heavy (non-hydrogen) atoms. The Morgan fingerprint density at radius 2 is 2.10 bits per heavy atom. The average Bonchev–Trinajstić information content (AvgIpc) is 3.21. The number of benzene rings is 1. The van der Waals surface area contributed by atoms with Gasteiger partial charge >= 0.3 is 0 Å². The third-order valence-electron chi connectivity index (χ3n) is 3.59. The van der Waals surface area contributed by atoms with Crippen molar-refractivity contribution in [3.8, 4) is 0 Å². The van der Waals surface area contributed by atoms with Crippen LogP contribution in [0.4, 0.5) is 0 Å². The molecule has 4 heteroatoms. The zero-order chi connectivity index (χ0) is 13.8. The molecule has 0 unspecified atom stereocenters. The number of imidazole rings is 1. The molecule has 3 rings (SSSR count). The van der Waals surface area contributed by atoms with Crippen molar-refractivity contribution in [2.24, 2.45) is 0 Å². The number of nitrogens with zero attached hydrogens (tertiary/aromatic N) is 3. The second-order valence-electron chi connectivity index (χ2n) is 5.38. The Morgan fingerprint density at radius 1 is 1.30 bits per heavy atom. The van der Waals surface area contributed by atoms with Gasteiger partial charge in [-0.2, -0.15) is 0 Å². The SMILES string of the molecule is CN(CCSc1ccccc1)Cc1nccn1C1CC1. The quantitative estimate of drug-likeness (QED) is 0.728. The molecule has 0 N–H and O–H groups in total. The highest BCUT2D eigenvalue weighted by Crippen LogP contribution is 2.35. The summed E-state index contributed by atoms with van der Waals surface area (Å²) in [4.78, 5) is 8.20. The van der Waals surface area contributed by atoms with Crippen LogP contribution in [-0.4, -0.2) is 33.8 Å². The zero-order valence-corrected chi connectivity index (χ0v) is 12.7. The summed E-state index contributed by atoms with van der Waals surface area (Å²) in [6, 6.07) is 11.3. The predicted molar refractivity (Wildman–Crippen MR) is 84.0 cm³/mol. The molecule has 0 bridgehead atoms. The third kappa shape index (κ3) is 3.64. The second kappa shape index (κ2) is 6.46. The summed E-state index contributed by atoms with van der Waals surface area (Å²) in [6.45, 7) is 2.02. The third-order valence-corrected chi connectivity index (χ3v) is 4.58. The van der Waals surface area contributed by atoms with Crippen molar-refractivity contribution in [2.45, 2.75) is 30.3 Å². The molecule has 0 atom stereocenters. The lowest BCUT2D eigenvalue weighted by Crippen LogP contribution is -2.22. The highest BCUT2D eigenvalue weighted by atomic mass is 32.2. The Balaban J connectivity index is 1.45. The molecular weight excluding hydrogens is 266 g/mol. The van der Waals surface area contributed by atoms with Crippen molar-refractivity contribution in [3.05, 3.63) is 48.5 Å². The molecule has 0 spiro atoms. The fraction of sp³-hybridized carbons (Fsp3) is 0.438.